The van der Waals surface area contributed by atoms with E-state index in [0.29, 0.717) is 30.5 Å². The lowest BCUT2D eigenvalue weighted by Gasteiger charge is -2.16. The van der Waals surface area contributed by atoms with Gasteiger partial charge in [0.25, 0.3) is 5.56 Å². The van der Waals surface area contributed by atoms with Crippen LogP contribution in [0.5, 0.6) is 0 Å². The quantitative estimate of drug-likeness (QED) is 0.779. The molecule has 0 amide bonds. The molecule has 0 fully saturated rings. The van der Waals surface area contributed by atoms with Crippen LogP contribution < -0.4 is 5.56 Å². The molecule has 0 saturated carbocycles. The van der Waals surface area contributed by atoms with Crippen molar-refractivity contribution in [1.82, 2.24) is 4.98 Å². The van der Waals surface area contributed by atoms with Crippen molar-refractivity contribution < 1.29 is 13.6 Å². The molecule has 92 valence electrons. The summed E-state index contributed by atoms with van der Waals surface area (Å²) in [5.41, 5.74) is 0.363. The molecule has 0 unspecified atom stereocenters. The largest absolute Gasteiger partial charge is 0.325 e. The molecule has 0 saturated heterocycles. The lowest BCUT2D eigenvalue weighted by molar-refractivity contribution is 0.0973. The Morgan fingerprint density at radius 1 is 1.00 bits per heavy atom. The van der Waals surface area contributed by atoms with Gasteiger partial charge in [0.1, 0.15) is 0 Å². The molecule has 0 aliphatic heterocycles. The Hall–Kier alpha value is -2.04. The number of Topliss-reactive ketones (excluding diaryl/α,β-unsaturated/α-hetero) is 1. The van der Waals surface area contributed by atoms with E-state index >= 15 is 0 Å². The number of nitrogens with one attached hydrogen (secondary N) is 1. The Bertz CT molecular complexity index is 734. The summed E-state index contributed by atoms with van der Waals surface area (Å²) in [4.78, 5) is 26.2. The van der Waals surface area contributed by atoms with E-state index in [0.717, 1.165) is 12.1 Å². The third-order valence-corrected chi connectivity index (χ3v) is 3.25. The van der Waals surface area contributed by atoms with E-state index in [9.17, 15) is 18.4 Å². The van der Waals surface area contributed by atoms with Gasteiger partial charge in [0.05, 0.1) is 5.39 Å². The lowest BCUT2D eigenvalue weighted by atomic mass is 9.91. The van der Waals surface area contributed by atoms with Gasteiger partial charge in [-0.2, -0.15) is 0 Å². The average Bonchev–Trinajstić information content (AvgIpc) is 2.32. The number of rotatable bonds is 0. The van der Waals surface area contributed by atoms with Gasteiger partial charge < -0.3 is 4.98 Å². The second-order valence-corrected chi connectivity index (χ2v) is 4.40. The van der Waals surface area contributed by atoms with Gasteiger partial charge in [0.2, 0.25) is 0 Å². The SMILES string of the molecule is O=C1CCCc2[nH]c(=O)c3cc(F)c(F)cc3c21. The molecule has 3 rings (SSSR count). The van der Waals surface area contributed by atoms with Crippen LogP contribution in [0.25, 0.3) is 10.8 Å². The number of aromatic nitrogens is 1. The van der Waals surface area contributed by atoms with Crippen LogP contribution in [0.4, 0.5) is 8.78 Å². The number of carbonyl (C=O) groups is 1. The molecule has 1 heterocycles. The molecular weight excluding hydrogens is 240 g/mol. The fourth-order valence-corrected chi connectivity index (χ4v) is 2.43. The highest BCUT2D eigenvalue weighted by Crippen LogP contribution is 2.26. The number of hydrogen-bond donors (Lipinski definition) is 1. The zero-order chi connectivity index (χ0) is 12.9. The van der Waals surface area contributed by atoms with Crippen LogP contribution >= 0.6 is 0 Å². The van der Waals surface area contributed by atoms with Crippen molar-refractivity contribution in [2.24, 2.45) is 0 Å². The molecule has 0 bridgehead atoms. The number of benzene rings is 1. The molecule has 5 heteroatoms. The van der Waals surface area contributed by atoms with Crippen molar-refractivity contribution >= 4 is 16.6 Å². The standard InChI is InChI=1S/C13H9F2NO2/c14-8-4-6-7(5-9(8)15)13(18)16-10-2-1-3-11(17)12(6)10/h4-5H,1-3H2,(H,16,18). The van der Waals surface area contributed by atoms with Gasteiger partial charge in [0.15, 0.2) is 17.4 Å². The van der Waals surface area contributed by atoms with Gasteiger partial charge in [-0.15, -0.1) is 0 Å². The van der Waals surface area contributed by atoms with Crippen molar-refractivity contribution in [3.8, 4) is 0 Å². The number of hydrogen-bond acceptors (Lipinski definition) is 2. The topological polar surface area (TPSA) is 49.9 Å². The summed E-state index contributed by atoms with van der Waals surface area (Å²) in [5.74, 6) is -2.27. The summed E-state index contributed by atoms with van der Waals surface area (Å²) in [6, 6.07) is 1.77. The molecule has 1 N–H and O–H groups in total. The molecule has 1 aromatic heterocycles. The van der Waals surface area contributed by atoms with E-state index < -0.39 is 17.2 Å². The van der Waals surface area contributed by atoms with Crippen LogP contribution in [0, 0.1) is 11.6 Å². The van der Waals surface area contributed by atoms with Crippen molar-refractivity contribution in [3.05, 3.63) is 45.4 Å². The van der Waals surface area contributed by atoms with E-state index in [-0.39, 0.29) is 16.6 Å². The molecule has 2 aromatic rings. The second kappa shape index (κ2) is 3.73. The molecule has 0 radical (unpaired) electrons. The molecule has 0 atom stereocenters. The summed E-state index contributed by atoms with van der Waals surface area (Å²) < 4.78 is 26.4. The van der Waals surface area contributed by atoms with Crippen molar-refractivity contribution in [1.29, 1.82) is 0 Å². The van der Waals surface area contributed by atoms with Gasteiger partial charge >= 0.3 is 0 Å². The monoisotopic (exact) mass is 249 g/mol. The Morgan fingerprint density at radius 2 is 1.67 bits per heavy atom. The van der Waals surface area contributed by atoms with Gasteiger partial charge in [-0.25, -0.2) is 8.78 Å². The lowest BCUT2D eigenvalue weighted by Crippen LogP contribution is -2.20. The molecule has 1 aliphatic rings. The number of ketones is 1. The highest BCUT2D eigenvalue weighted by atomic mass is 19.2. The third-order valence-electron chi connectivity index (χ3n) is 3.25. The van der Waals surface area contributed by atoms with Crippen LogP contribution in [0.3, 0.4) is 0 Å². The molecule has 0 spiro atoms. The summed E-state index contributed by atoms with van der Waals surface area (Å²) >= 11 is 0. The van der Waals surface area contributed by atoms with Crippen LogP contribution in [0.1, 0.15) is 28.9 Å². The number of fused-ring (bicyclic) bond motifs is 3. The van der Waals surface area contributed by atoms with Gasteiger partial charge in [-0.3, -0.25) is 9.59 Å². The number of halogens is 2. The predicted molar refractivity (Wildman–Crippen MR) is 61.8 cm³/mol. The first-order valence-corrected chi connectivity index (χ1v) is 5.65. The van der Waals surface area contributed by atoms with Crippen LogP contribution in [-0.2, 0) is 6.42 Å². The molecular formula is C13H9F2NO2. The average molecular weight is 249 g/mol. The van der Waals surface area contributed by atoms with E-state index in [1.165, 1.54) is 0 Å². The summed E-state index contributed by atoms with van der Waals surface area (Å²) in [6.45, 7) is 0. The molecule has 18 heavy (non-hydrogen) atoms. The highest BCUT2D eigenvalue weighted by Gasteiger charge is 2.22. The zero-order valence-corrected chi connectivity index (χ0v) is 9.35. The van der Waals surface area contributed by atoms with Gasteiger partial charge in [0, 0.05) is 23.1 Å². The summed E-state index contributed by atoms with van der Waals surface area (Å²) in [6.07, 6.45) is 1.61. The fraction of sp³-hybridized carbons (Fsp3) is 0.231. The molecule has 1 aliphatic carbocycles. The number of carbonyl (C=O) groups excluding carboxylic acids is 1. The van der Waals surface area contributed by atoms with Crippen LogP contribution in [0.15, 0.2) is 16.9 Å². The minimum atomic E-state index is -1.09. The van der Waals surface area contributed by atoms with Crippen LogP contribution in [0.2, 0.25) is 0 Å². The Labute approximate surface area is 100 Å². The maximum Gasteiger partial charge on any atom is 0.256 e. The predicted octanol–water partition coefficient (Wildman–Crippen LogP) is 2.33. The van der Waals surface area contributed by atoms with E-state index in [1.807, 2.05) is 0 Å². The molecule has 1 aromatic carbocycles. The third kappa shape index (κ3) is 1.47. The Balaban J connectivity index is 2.50. The van der Waals surface area contributed by atoms with Crippen molar-refractivity contribution in [3.63, 3.8) is 0 Å². The summed E-state index contributed by atoms with van der Waals surface area (Å²) in [5, 5.41) is 0.222. The van der Waals surface area contributed by atoms with E-state index in [4.69, 9.17) is 0 Å². The highest BCUT2D eigenvalue weighted by molar-refractivity contribution is 6.09. The zero-order valence-electron chi connectivity index (χ0n) is 9.35. The van der Waals surface area contributed by atoms with Crippen molar-refractivity contribution in [2.75, 3.05) is 0 Å². The van der Waals surface area contributed by atoms with Crippen LogP contribution in [-0.4, -0.2) is 10.8 Å². The van der Waals surface area contributed by atoms with Gasteiger partial charge in [-0.05, 0) is 25.0 Å². The Kier molecular flexibility index (Phi) is 2.29. The first kappa shape index (κ1) is 11.1. The van der Waals surface area contributed by atoms with Gasteiger partial charge in [-0.1, -0.05) is 0 Å². The first-order chi connectivity index (χ1) is 8.58. The first-order valence-electron chi connectivity index (χ1n) is 5.65. The van der Waals surface area contributed by atoms with E-state index in [2.05, 4.69) is 4.98 Å². The number of aromatic amines is 1. The molecule has 3 nitrogen and oxygen atoms in total. The number of pyridine rings is 1. The minimum absolute atomic E-state index is 0.0166. The second-order valence-electron chi connectivity index (χ2n) is 4.40. The minimum Gasteiger partial charge on any atom is -0.325 e. The maximum absolute atomic E-state index is 13.3. The smallest absolute Gasteiger partial charge is 0.256 e. The summed E-state index contributed by atoms with van der Waals surface area (Å²) in [7, 11) is 0. The van der Waals surface area contributed by atoms with Crippen molar-refractivity contribution in [2.45, 2.75) is 19.3 Å². The number of H-pyrrole nitrogens is 1. The maximum atomic E-state index is 13.3. The number of aryl methyl sites for hydroxylation is 1. The van der Waals surface area contributed by atoms with E-state index in [1.54, 1.807) is 0 Å². The Morgan fingerprint density at radius 3 is 2.39 bits per heavy atom. The fourth-order valence-electron chi connectivity index (χ4n) is 2.43. The normalized spacial score (nSPS) is 14.9.